The van der Waals surface area contributed by atoms with Crippen molar-refractivity contribution in [2.45, 2.75) is 18.9 Å². The molecule has 1 aliphatic carbocycles. The van der Waals surface area contributed by atoms with E-state index in [0.717, 1.165) is 25.1 Å². The zero-order valence-corrected chi connectivity index (χ0v) is 8.08. The maximum Gasteiger partial charge on any atom is 0.168 e. The minimum absolute atomic E-state index is 0.0175. The van der Waals surface area contributed by atoms with Crippen molar-refractivity contribution in [3.63, 3.8) is 0 Å². The fraction of sp³-hybridized carbons (Fsp3) is 0.500. The largest absolute Gasteiger partial charge is 0.391 e. The molecule has 0 spiro atoms. The number of aliphatic hydroxyl groups excluding tert-OH is 1. The predicted molar refractivity (Wildman–Crippen MR) is 51.4 cm³/mol. The van der Waals surface area contributed by atoms with Crippen molar-refractivity contribution in [1.29, 1.82) is 0 Å². The Hall–Kier alpha value is -1.23. The lowest BCUT2D eigenvalue weighted by Gasteiger charge is -2.11. The van der Waals surface area contributed by atoms with Crippen LogP contribution in [-0.2, 0) is 0 Å². The van der Waals surface area contributed by atoms with Crippen molar-refractivity contribution in [2.24, 2.45) is 5.92 Å². The first-order valence-corrected chi connectivity index (χ1v) is 4.90. The molecular formula is C10H12F2N2O. The van der Waals surface area contributed by atoms with Crippen LogP contribution in [-0.4, -0.2) is 22.7 Å². The lowest BCUT2D eigenvalue weighted by Crippen LogP contribution is -2.22. The molecule has 2 rings (SSSR count). The van der Waals surface area contributed by atoms with Gasteiger partial charge in [0.2, 0.25) is 0 Å². The van der Waals surface area contributed by atoms with E-state index in [1.54, 1.807) is 0 Å². The Balaban J connectivity index is 1.92. The van der Waals surface area contributed by atoms with E-state index in [0.29, 0.717) is 5.92 Å². The van der Waals surface area contributed by atoms with Crippen LogP contribution in [0.15, 0.2) is 12.3 Å². The van der Waals surface area contributed by atoms with Gasteiger partial charge >= 0.3 is 0 Å². The second kappa shape index (κ2) is 4.10. The maximum atomic E-state index is 13.1. The number of hydrogen-bond acceptors (Lipinski definition) is 3. The Bertz CT molecular complexity index is 355. The molecule has 1 saturated carbocycles. The van der Waals surface area contributed by atoms with E-state index in [4.69, 9.17) is 0 Å². The van der Waals surface area contributed by atoms with Crippen LogP contribution in [0.4, 0.5) is 14.6 Å². The number of hydrogen-bond donors (Lipinski definition) is 2. The van der Waals surface area contributed by atoms with Crippen LogP contribution in [0.1, 0.15) is 12.8 Å². The van der Waals surface area contributed by atoms with Crippen molar-refractivity contribution >= 4 is 5.82 Å². The quantitative estimate of drug-likeness (QED) is 0.799. The monoisotopic (exact) mass is 214 g/mol. The van der Waals surface area contributed by atoms with Gasteiger partial charge in [0.15, 0.2) is 11.6 Å². The lowest BCUT2D eigenvalue weighted by molar-refractivity contribution is 0.164. The Labute approximate surface area is 86.1 Å². The van der Waals surface area contributed by atoms with Crippen LogP contribution in [0, 0.1) is 17.6 Å². The number of nitrogens with one attached hydrogen (secondary N) is 1. The van der Waals surface area contributed by atoms with E-state index in [9.17, 15) is 13.9 Å². The molecule has 1 aliphatic rings. The smallest absolute Gasteiger partial charge is 0.168 e. The zero-order chi connectivity index (χ0) is 10.8. The van der Waals surface area contributed by atoms with Gasteiger partial charge in [-0.3, -0.25) is 0 Å². The first-order chi connectivity index (χ1) is 7.16. The summed E-state index contributed by atoms with van der Waals surface area (Å²) in [6.45, 7) is 0.250. The van der Waals surface area contributed by atoms with Crippen LogP contribution >= 0.6 is 0 Å². The minimum atomic E-state index is -0.738. The van der Waals surface area contributed by atoms with Crippen molar-refractivity contribution in [1.82, 2.24) is 4.98 Å². The van der Waals surface area contributed by atoms with Gasteiger partial charge in [-0.25, -0.2) is 13.8 Å². The summed E-state index contributed by atoms with van der Waals surface area (Å²) in [5, 5.41) is 12.2. The summed E-state index contributed by atoms with van der Waals surface area (Å²) in [4.78, 5) is 3.56. The summed E-state index contributed by atoms with van der Waals surface area (Å²) in [6.07, 6.45) is 2.50. The molecule has 3 nitrogen and oxygen atoms in total. The first-order valence-electron chi connectivity index (χ1n) is 4.90. The number of rotatable bonds is 4. The van der Waals surface area contributed by atoms with Gasteiger partial charge in [-0.1, -0.05) is 0 Å². The lowest BCUT2D eigenvalue weighted by atomic mass is 10.2. The van der Waals surface area contributed by atoms with Crippen LogP contribution in [0.2, 0.25) is 0 Å². The van der Waals surface area contributed by atoms with Crippen molar-refractivity contribution < 1.29 is 13.9 Å². The van der Waals surface area contributed by atoms with Gasteiger partial charge < -0.3 is 10.4 Å². The molecule has 0 bridgehead atoms. The molecule has 0 amide bonds. The third kappa shape index (κ3) is 2.62. The Morgan fingerprint density at radius 1 is 1.53 bits per heavy atom. The molecule has 1 atom stereocenters. The van der Waals surface area contributed by atoms with Gasteiger partial charge in [-0.05, 0) is 18.8 Å². The van der Waals surface area contributed by atoms with E-state index >= 15 is 0 Å². The van der Waals surface area contributed by atoms with E-state index in [-0.39, 0.29) is 12.4 Å². The Morgan fingerprint density at radius 2 is 2.27 bits per heavy atom. The zero-order valence-electron chi connectivity index (χ0n) is 8.08. The van der Waals surface area contributed by atoms with Crippen molar-refractivity contribution in [3.05, 3.63) is 23.9 Å². The minimum Gasteiger partial charge on any atom is -0.391 e. The molecule has 1 unspecified atom stereocenters. The molecule has 0 radical (unpaired) electrons. The van der Waals surface area contributed by atoms with E-state index in [1.807, 2.05) is 0 Å². The van der Waals surface area contributed by atoms with Crippen molar-refractivity contribution in [3.8, 4) is 0 Å². The highest BCUT2D eigenvalue weighted by Gasteiger charge is 2.29. The molecule has 1 aromatic rings. The molecule has 0 aliphatic heterocycles. The third-order valence-electron chi connectivity index (χ3n) is 2.45. The maximum absolute atomic E-state index is 13.1. The normalized spacial score (nSPS) is 17.5. The van der Waals surface area contributed by atoms with Gasteiger partial charge in [-0.15, -0.1) is 0 Å². The number of aliphatic hydroxyl groups is 1. The van der Waals surface area contributed by atoms with Gasteiger partial charge in [0.1, 0.15) is 5.82 Å². The fourth-order valence-electron chi connectivity index (χ4n) is 1.39. The van der Waals surface area contributed by atoms with Gasteiger partial charge in [0, 0.05) is 12.6 Å². The van der Waals surface area contributed by atoms with E-state index in [2.05, 4.69) is 10.3 Å². The highest BCUT2D eigenvalue weighted by molar-refractivity contribution is 5.35. The molecule has 0 saturated heterocycles. The van der Waals surface area contributed by atoms with Crippen LogP contribution in [0.25, 0.3) is 0 Å². The fourth-order valence-corrected chi connectivity index (χ4v) is 1.39. The summed E-state index contributed by atoms with van der Waals surface area (Å²) in [5.74, 6) is -1.14. The highest BCUT2D eigenvalue weighted by Crippen LogP contribution is 2.32. The molecule has 15 heavy (non-hydrogen) atoms. The standard InChI is InChI=1S/C10H12F2N2O/c11-7-3-8(12)10(13-4-7)14-5-9(15)6-1-2-6/h3-4,6,9,15H,1-2,5H2,(H,13,14). The topological polar surface area (TPSA) is 45.1 Å². The molecule has 1 fully saturated rings. The summed E-state index contributed by atoms with van der Waals surface area (Å²) in [5.41, 5.74) is 0. The molecule has 2 N–H and O–H groups in total. The third-order valence-corrected chi connectivity index (χ3v) is 2.45. The van der Waals surface area contributed by atoms with Gasteiger partial charge in [0.25, 0.3) is 0 Å². The summed E-state index contributed by atoms with van der Waals surface area (Å²) >= 11 is 0. The predicted octanol–water partition coefficient (Wildman–Crippen LogP) is 1.54. The van der Waals surface area contributed by atoms with Gasteiger partial charge in [-0.2, -0.15) is 0 Å². The second-order valence-corrected chi connectivity index (χ2v) is 3.77. The average Bonchev–Trinajstić information content (AvgIpc) is 2.99. The molecule has 5 heteroatoms. The SMILES string of the molecule is OC(CNc1ncc(F)cc1F)C1CC1. The number of pyridine rings is 1. The molecule has 1 heterocycles. The van der Waals surface area contributed by atoms with Crippen molar-refractivity contribution in [2.75, 3.05) is 11.9 Å². The average molecular weight is 214 g/mol. The van der Waals surface area contributed by atoms with E-state index in [1.165, 1.54) is 0 Å². The van der Waals surface area contributed by atoms with Gasteiger partial charge in [0.05, 0.1) is 12.3 Å². The van der Waals surface area contributed by atoms with Crippen LogP contribution in [0.5, 0.6) is 0 Å². The Morgan fingerprint density at radius 3 is 2.87 bits per heavy atom. The molecule has 1 aromatic heterocycles. The summed E-state index contributed by atoms with van der Waals surface area (Å²) in [7, 11) is 0. The van der Waals surface area contributed by atoms with Crippen LogP contribution < -0.4 is 5.32 Å². The number of aromatic nitrogens is 1. The summed E-state index contributed by atoms with van der Waals surface area (Å²) in [6, 6.07) is 0.763. The summed E-state index contributed by atoms with van der Waals surface area (Å²) < 4.78 is 25.6. The number of anilines is 1. The molecular weight excluding hydrogens is 202 g/mol. The first kappa shape index (κ1) is 10.3. The number of nitrogens with zero attached hydrogens (tertiary/aromatic N) is 1. The Kier molecular flexibility index (Phi) is 2.81. The van der Waals surface area contributed by atoms with Crippen LogP contribution in [0.3, 0.4) is 0 Å². The highest BCUT2D eigenvalue weighted by atomic mass is 19.1. The number of halogens is 2. The second-order valence-electron chi connectivity index (χ2n) is 3.77. The van der Waals surface area contributed by atoms with E-state index < -0.39 is 17.7 Å². The molecule has 82 valence electrons. The molecule has 0 aromatic carbocycles.